The first-order valence-corrected chi connectivity index (χ1v) is 11.1. The van der Waals surface area contributed by atoms with Gasteiger partial charge in [-0.25, -0.2) is 9.59 Å². The van der Waals surface area contributed by atoms with E-state index in [0.29, 0.717) is 6.42 Å². The van der Waals surface area contributed by atoms with E-state index in [1.54, 1.807) is 0 Å². The quantitative estimate of drug-likeness (QED) is 0.543. The van der Waals surface area contributed by atoms with Crippen molar-refractivity contribution in [3.63, 3.8) is 0 Å². The van der Waals surface area contributed by atoms with Crippen LogP contribution >= 0.6 is 0 Å². The zero-order valence-electron chi connectivity index (χ0n) is 19.1. The van der Waals surface area contributed by atoms with Crippen molar-refractivity contribution >= 4 is 18.0 Å². The molecule has 4 rings (SSSR count). The molecule has 180 valence electrons. The van der Waals surface area contributed by atoms with E-state index in [-0.39, 0.29) is 25.7 Å². The second-order valence-corrected chi connectivity index (χ2v) is 8.72. The van der Waals surface area contributed by atoms with E-state index in [0.717, 1.165) is 22.3 Å². The van der Waals surface area contributed by atoms with Crippen LogP contribution < -0.4 is 10.6 Å². The summed E-state index contributed by atoms with van der Waals surface area (Å²) in [6.45, 7) is 1.53. The zero-order valence-corrected chi connectivity index (χ0v) is 19.1. The van der Waals surface area contributed by atoms with E-state index in [1.807, 2.05) is 36.4 Å². The summed E-state index contributed by atoms with van der Waals surface area (Å²) >= 11 is 0. The molecule has 1 fully saturated rings. The number of ether oxygens (including phenoxy) is 3. The van der Waals surface area contributed by atoms with Gasteiger partial charge in [-0.05, 0) is 35.6 Å². The lowest BCUT2D eigenvalue weighted by atomic mass is 9.98. The number of carboxylic acids is 1. The van der Waals surface area contributed by atoms with Crippen molar-refractivity contribution < 1.29 is 33.7 Å². The number of hydrogen-bond donors (Lipinski definition) is 3. The van der Waals surface area contributed by atoms with Gasteiger partial charge in [0.2, 0.25) is 0 Å². The Bertz CT molecular complexity index is 1040. The molecule has 0 aromatic heterocycles. The van der Waals surface area contributed by atoms with Crippen molar-refractivity contribution in [1.29, 1.82) is 0 Å². The Morgan fingerprint density at radius 2 is 1.71 bits per heavy atom. The van der Waals surface area contributed by atoms with E-state index in [4.69, 9.17) is 14.2 Å². The minimum absolute atomic E-state index is 0.0811. The summed E-state index contributed by atoms with van der Waals surface area (Å²) in [5.74, 6) is -1.95. The van der Waals surface area contributed by atoms with Crippen LogP contribution in [-0.4, -0.2) is 67.7 Å². The maximum atomic E-state index is 12.7. The van der Waals surface area contributed by atoms with Crippen molar-refractivity contribution in [2.75, 3.05) is 26.9 Å². The summed E-state index contributed by atoms with van der Waals surface area (Å²) in [4.78, 5) is 36.9. The highest BCUT2D eigenvalue weighted by atomic mass is 16.6. The second kappa shape index (κ2) is 9.82. The Morgan fingerprint density at radius 1 is 1.09 bits per heavy atom. The van der Waals surface area contributed by atoms with E-state index in [1.165, 1.54) is 14.0 Å². The van der Waals surface area contributed by atoms with Gasteiger partial charge in [-0.1, -0.05) is 48.5 Å². The number of rotatable bonds is 8. The third kappa shape index (κ3) is 4.62. The molecule has 3 atom stereocenters. The number of benzene rings is 2. The predicted molar refractivity (Wildman–Crippen MR) is 122 cm³/mol. The summed E-state index contributed by atoms with van der Waals surface area (Å²) in [5.41, 5.74) is 2.84. The van der Waals surface area contributed by atoms with E-state index in [9.17, 15) is 19.5 Å². The molecule has 34 heavy (non-hydrogen) atoms. The molecular weight excluding hydrogens is 440 g/mol. The van der Waals surface area contributed by atoms with Crippen molar-refractivity contribution in [2.45, 2.75) is 36.9 Å². The fourth-order valence-corrected chi connectivity index (χ4v) is 4.57. The molecule has 0 radical (unpaired) electrons. The maximum Gasteiger partial charge on any atom is 0.407 e. The Kier molecular flexibility index (Phi) is 6.85. The lowest BCUT2D eigenvalue weighted by Crippen LogP contribution is -2.59. The van der Waals surface area contributed by atoms with Crippen LogP contribution in [0.4, 0.5) is 4.79 Å². The number of fused-ring (bicyclic) bond motifs is 3. The number of alkyl carbamates (subject to hydrolysis) is 1. The smallest absolute Gasteiger partial charge is 0.407 e. The standard InChI is InChI=1S/C25H28N2O7/c1-25(14-32-2,23(29)30)27-22(28)21-20(11-12-33-21)26-24(31)34-13-19-17-9-5-3-7-15(17)16-8-4-6-10-18(16)19/h3-10,19-21H,11-14H2,1-2H3,(H,26,31)(H,27,28)(H,29,30). The van der Waals surface area contributed by atoms with Crippen LogP contribution in [-0.2, 0) is 23.8 Å². The molecule has 9 nitrogen and oxygen atoms in total. The van der Waals surface area contributed by atoms with Gasteiger partial charge in [0, 0.05) is 19.6 Å². The molecule has 0 bridgehead atoms. The number of hydrogen-bond acceptors (Lipinski definition) is 6. The minimum Gasteiger partial charge on any atom is -0.479 e. The lowest BCUT2D eigenvalue weighted by Gasteiger charge is -2.28. The third-order valence-electron chi connectivity index (χ3n) is 6.30. The molecule has 0 spiro atoms. The maximum absolute atomic E-state index is 12.7. The van der Waals surface area contributed by atoms with Crippen LogP contribution in [0.2, 0.25) is 0 Å². The van der Waals surface area contributed by atoms with Gasteiger partial charge in [-0.2, -0.15) is 0 Å². The SMILES string of the molecule is COCC(C)(NC(=O)C1OCCC1NC(=O)OCC1c2ccccc2-c2ccccc21)C(=O)O. The van der Waals surface area contributed by atoms with Crippen LogP contribution in [0, 0.1) is 0 Å². The predicted octanol–water partition coefficient (Wildman–Crippen LogP) is 2.29. The van der Waals surface area contributed by atoms with Crippen LogP contribution in [0.15, 0.2) is 48.5 Å². The van der Waals surface area contributed by atoms with Crippen molar-refractivity contribution in [2.24, 2.45) is 0 Å². The molecule has 3 unspecified atom stereocenters. The number of carbonyl (C=O) groups excluding carboxylic acids is 2. The summed E-state index contributed by atoms with van der Waals surface area (Å²) in [6, 6.07) is 15.4. The average Bonchev–Trinajstić information content (AvgIpc) is 3.40. The first kappa shape index (κ1) is 23.7. The topological polar surface area (TPSA) is 123 Å². The summed E-state index contributed by atoms with van der Waals surface area (Å²) in [5, 5.41) is 14.6. The molecule has 1 heterocycles. The monoisotopic (exact) mass is 468 g/mol. The zero-order chi connectivity index (χ0) is 24.3. The number of methoxy groups -OCH3 is 1. The van der Waals surface area contributed by atoms with E-state index in [2.05, 4.69) is 22.8 Å². The largest absolute Gasteiger partial charge is 0.479 e. The Morgan fingerprint density at radius 3 is 2.29 bits per heavy atom. The number of carboxylic acid groups (broad SMARTS) is 1. The Hall–Kier alpha value is -3.43. The van der Waals surface area contributed by atoms with Crippen molar-refractivity contribution in [1.82, 2.24) is 10.6 Å². The highest BCUT2D eigenvalue weighted by Crippen LogP contribution is 2.44. The summed E-state index contributed by atoms with van der Waals surface area (Å²) < 4.78 is 16.0. The number of aliphatic carboxylic acids is 1. The molecule has 1 saturated heterocycles. The number of amides is 2. The highest BCUT2D eigenvalue weighted by molar-refractivity contribution is 5.90. The normalized spacial score (nSPS) is 20.6. The number of carbonyl (C=O) groups is 3. The lowest BCUT2D eigenvalue weighted by molar-refractivity contribution is -0.151. The first-order valence-electron chi connectivity index (χ1n) is 11.1. The van der Waals surface area contributed by atoms with Crippen LogP contribution in [0.3, 0.4) is 0 Å². The summed E-state index contributed by atoms with van der Waals surface area (Å²) in [7, 11) is 1.35. The average molecular weight is 469 g/mol. The van der Waals surface area contributed by atoms with Crippen LogP contribution in [0.25, 0.3) is 11.1 Å². The molecule has 2 amide bonds. The summed E-state index contributed by atoms with van der Waals surface area (Å²) in [6.07, 6.45) is -1.29. The van der Waals surface area contributed by atoms with Gasteiger partial charge in [0.15, 0.2) is 11.6 Å². The van der Waals surface area contributed by atoms with E-state index >= 15 is 0 Å². The highest BCUT2D eigenvalue weighted by Gasteiger charge is 2.42. The molecular formula is C25H28N2O7. The van der Waals surface area contributed by atoms with E-state index < -0.39 is 35.7 Å². The molecule has 1 aliphatic carbocycles. The Balaban J connectivity index is 1.38. The fourth-order valence-electron chi connectivity index (χ4n) is 4.57. The van der Waals surface area contributed by atoms with Gasteiger partial charge in [-0.3, -0.25) is 4.79 Å². The Labute approximate surface area is 197 Å². The number of nitrogens with one attached hydrogen (secondary N) is 2. The molecule has 2 aromatic carbocycles. The van der Waals surface area contributed by atoms with Gasteiger partial charge in [-0.15, -0.1) is 0 Å². The van der Waals surface area contributed by atoms with Crippen LogP contribution in [0.5, 0.6) is 0 Å². The molecule has 0 saturated carbocycles. The molecule has 3 N–H and O–H groups in total. The molecule has 9 heteroatoms. The van der Waals surface area contributed by atoms with Gasteiger partial charge in [0.05, 0.1) is 12.6 Å². The minimum atomic E-state index is -1.62. The van der Waals surface area contributed by atoms with Gasteiger partial charge >= 0.3 is 12.1 Å². The fraction of sp³-hybridized carbons (Fsp3) is 0.400. The third-order valence-corrected chi connectivity index (χ3v) is 6.30. The second-order valence-electron chi connectivity index (χ2n) is 8.72. The molecule has 2 aliphatic rings. The molecule has 2 aromatic rings. The van der Waals surface area contributed by atoms with Gasteiger partial charge in [0.25, 0.3) is 5.91 Å². The van der Waals surface area contributed by atoms with Crippen LogP contribution in [0.1, 0.15) is 30.4 Å². The van der Waals surface area contributed by atoms with Crippen molar-refractivity contribution in [3.05, 3.63) is 59.7 Å². The first-order chi connectivity index (χ1) is 16.3. The van der Waals surface area contributed by atoms with Gasteiger partial charge < -0.3 is 30.0 Å². The van der Waals surface area contributed by atoms with Gasteiger partial charge in [0.1, 0.15) is 6.61 Å². The van der Waals surface area contributed by atoms with Crippen molar-refractivity contribution in [3.8, 4) is 11.1 Å². The molecule has 1 aliphatic heterocycles.